The Bertz CT molecular complexity index is 972. The predicted octanol–water partition coefficient (Wildman–Crippen LogP) is 2.09. The minimum Gasteiger partial charge on any atom is -0.327 e. The molecule has 0 spiro atoms. The molecule has 0 aliphatic carbocycles. The van der Waals surface area contributed by atoms with Gasteiger partial charge in [-0.25, -0.2) is 0 Å². The Morgan fingerprint density at radius 2 is 1.61 bits per heavy atom. The Hall–Kier alpha value is -3.66. The van der Waals surface area contributed by atoms with Crippen molar-refractivity contribution in [2.75, 3.05) is 11.9 Å². The number of nitro groups is 1. The molecule has 0 aromatic heterocycles. The molecule has 1 aliphatic heterocycles. The topological polar surface area (TPSA) is 122 Å². The molecule has 0 saturated carbocycles. The largest absolute Gasteiger partial charge is 0.327 e. The fourth-order valence-corrected chi connectivity index (χ4v) is 2.96. The highest BCUT2D eigenvalue weighted by Gasteiger charge is 2.35. The average molecular weight is 398 g/mol. The van der Waals surface area contributed by atoms with Gasteiger partial charge in [-0.05, 0) is 30.4 Å². The summed E-state index contributed by atoms with van der Waals surface area (Å²) < 4.78 is 0. The van der Waals surface area contributed by atoms with E-state index in [0.717, 1.165) is 4.90 Å². The molecule has 1 heterocycles. The van der Waals surface area contributed by atoms with E-state index < -0.39 is 22.6 Å². The molecule has 10 heteroatoms. The number of rotatable bonds is 5. The summed E-state index contributed by atoms with van der Waals surface area (Å²) in [7, 11) is 0. The number of nitro benzene ring substituents is 1. The summed E-state index contributed by atoms with van der Waals surface area (Å²) in [5.41, 5.74) is 0.561. The molecule has 3 rings (SSSR count). The smallest absolute Gasteiger partial charge is 0.292 e. The van der Waals surface area contributed by atoms with E-state index >= 15 is 0 Å². The number of anilines is 1. The number of hydrogen-bond acceptors (Lipinski definition) is 6. The molecule has 0 fully saturated rings. The van der Waals surface area contributed by atoms with Crippen LogP contribution >= 0.6 is 12.2 Å². The quantitative estimate of drug-likeness (QED) is 0.342. The van der Waals surface area contributed by atoms with Gasteiger partial charge in [0.1, 0.15) is 5.69 Å². The Labute approximate surface area is 164 Å². The second kappa shape index (κ2) is 7.92. The van der Waals surface area contributed by atoms with Crippen LogP contribution < -0.4 is 10.6 Å². The van der Waals surface area contributed by atoms with E-state index in [9.17, 15) is 24.5 Å². The maximum Gasteiger partial charge on any atom is 0.292 e. The summed E-state index contributed by atoms with van der Waals surface area (Å²) in [6.07, 6.45) is -0.163. The number of benzene rings is 2. The highest BCUT2D eigenvalue weighted by Crippen LogP contribution is 2.23. The monoisotopic (exact) mass is 398 g/mol. The van der Waals surface area contributed by atoms with Crippen molar-refractivity contribution in [3.8, 4) is 0 Å². The second-order valence-electron chi connectivity index (χ2n) is 5.83. The summed E-state index contributed by atoms with van der Waals surface area (Å²) in [5, 5.41) is 15.8. The van der Waals surface area contributed by atoms with Gasteiger partial charge in [0.25, 0.3) is 17.5 Å². The molecule has 0 unspecified atom stereocenters. The van der Waals surface area contributed by atoms with Crippen LogP contribution in [0.1, 0.15) is 27.1 Å². The highest BCUT2D eigenvalue weighted by molar-refractivity contribution is 7.80. The minimum absolute atomic E-state index is 0.105. The van der Waals surface area contributed by atoms with Crippen LogP contribution in [0.25, 0.3) is 0 Å². The van der Waals surface area contributed by atoms with Crippen molar-refractivity contribution in [3.63, 3.8) is 0 Å². The van der Waals surface area contributed by atoms with Gasteiger partial charge in [-0.1, -0.05) is 24.3 Å². The third kappa shape index (κ3) is 3.86. The first-order valence-corrected chi connectivity index (χ1v) is 8.59. The number of nitrogens with zero attached hydrogens (tertiary/aromatic N) is 2. The third-order valence-corrected chi connectivity index (χ3v) is 4.25. The predicted molar refractivity (Wildman–Crippen MR) is 104 cm³/mol. The van der Waals surface area contributed by atoms with Crippen LogP contribution in [0.3, 0.4) is 0 Å². The van der Waals surface area contributed by atoms with Crippen LogP contribution in [0.5, 0.6) is 0 Å². The SMILES string of the molecule is O=C(CCN1C(=O)c2ccccc2C1=O)NC(=S)Nc1ccccc1[N+](=O)[O-]. The molecule has 2 aromatic carbocycles. The van der Waals surface area contributed by atoms with Gasteiger partial charge in [-0.3, -0.25) is 29.4 Å². The fourth-order valence-electron chi connectivity index (χ4n) is 2.74. The van der Waals surface area contributed by atoms with Crippen LogP contribution in [-0.2, 0) is 4.79 Å². The zero-order valence-electron chi connectivity index (χ0n) is 14.4. The first kappa shape index (κ1) is 19.1. The molecule has 0 atom stereocenters. The molecule has 0 bridgehead atoms. The van der Waals surface area contributed by atoms with E-state index in [1.807, 2.05) is 0 Å². The van der Waals surface area contributed by atoms with Crippen LogP contribution in [0.15, 0.2) is 48.5 Å². The van der Waals surface area contributed by atoms with Crippen molar-refractivity contribution in [1.82, 2.24) is 10.2 Å². The van der Waals surface area contributed by atoms with E-state index in [-0.39, 0.29) is 29.5 Å². The van der Waals surface area contributed by atoms with Gasteiger partial charge in [0.05, 0.1) is 16.1 Å². The number of hydrogen-bond donors (Lipinski definition) is 2. The van der Waals surface area contributed by atoms with Crippen molar-refractivity contribution in [2.24, 2.45) is 0 Å². The maximum atomic E-state index is 12.3. The number of para-hydroxylation sites is 2. The van der Waals surface area contributed by atoms with E-state index in [2.05, 4.69) is 10.6 Å². The number of thiocarbonyl (C=S) groups is 1. The van der Waals surface area contributed by atoms with Crippen LogP contribution in [0, 0.1) is 10.1 Å². The zero-order valence-corrected chi connectivity index (χ0v) is 15.2. The number of nitrogens with one attached hydrogen (secondary N) is 2. The molecular weight excluding hydrogens is 384 g/mol. The molecular formula is C18H14N4O5S. The van der Waals surface area contributed by atoms with Crippen molar-refractivity contribution < 1.29 is 19.3 Å². The number of carbonyl (C=O) groups is 3. The summed E-state index contributed by atoms with van der Waals surface area (Å²) in [4.78, 5) is 48.0. The van der Waals surface area contributed by atoms with Crippen molar-refractivity contribution in [1.29, 1.82) is 0 Å². The number of imide groups is 1. The molecule has 9 nitrogen and oxygen atoms in total. The molecule has 3 amide bonds. The number of amides is 3. The number of carbonyl (C=O) groups excluding carboxylic acids is 3. The maximum absolute atomic E-state index is 12.3. The first-order chi connectivity index (χ1) is 13.4. The van der Waals surface area contributed by atoms with Gasteiger partial charge >= 0.3 is 0 Å². The Balaban J connectivity index is 1.56. The standard InChI is InChI=1S/C18H14N4O5S/c23-15(20-18(28)19-13-7-3-4-8-14(13)22(26)27)9-10-21-16(24)11-5-1-2-6-12(11)17(21)25/h1-8H,9-10H2,(H2,19,20,23,28). The minimum atomic E-state index is -0.574. The Kier molecular flexibility index (Phi) is 5.41. The Morgan fingerprint density at radius 1 is 1.04 bits per heavy atom. The molecule has 0 radical (unpaired) electrons. The molecule has 142 valence electrons. The van der Waals surface area contributed by atoms with E-state index in [1.54, 1.807) is 30.3 Å². The third-order valence-electron chi connectivity index (χ3n) is 4.04. The van der Waals surface area contributed by atoms with Gasteiger partial charge in [0.15, 0.2) is 5.11 Å². The lowest BCUT2D eigenvalue weighted by Crippen LogP contribution is -2.38. The lowest BCUT2D eigenvalue weighted by Gasteiger charge is -2.14. The first-order valence-electron chi connectivity index (χ1n) is 8.18. The second-order valence-corrected chi connectivity index (χ2v) is 6.24. The van der Waals surface area contributed by atoms with Crippen LogP contribution in [0.2, 0.25) is 0 Å². The van der Waals surface area contributed by atoms with Gasteiger partial charge < -0.3 is 10.6 Å². The number of fused-ring (bicyclic) bond motifs is 1. The van der Waals surface area contributed by atoms with Crippen LogP contribution in [-0.4, -0.2) is 39.2 Å². The summed E-state index contributed by atoms with van der Waals surface area (Å²) in [6, 6.07) is 12.3. The van der Waals surface area contributed by atoms with Crippen molar-refractivity contribution in [3.05, 3.63) is 69.8 Å². The Morgan fingerprint density at radius 3 is 2.21 bits per heavy atom. The zero-order chi connectivity index (χ0) is 20.3. The average Bonchev–Trinajstić information content (AvgIpc) is 2.91. The highest BCUT2D eigenvalue weighted by atomic mass is 32.1. The lowest BCUT2D eigenvalue weighted by atomic mass is 10.1. The summed E-state index contributed by atoms with van der Waals surface area (Å²) >= 11 is 5.00. The van der Waals surface area contributed by atoms with E-state index in [4.69, 9.17) is 12.2 Å². The van der Waals surface area contributed by atoms with Crippen LogP contribution in [0.4, 0.5) is 11.4 Å². The van der Waals surface area contributed by atoms with Gasteiger partial charge in [0, 0.05) is 19.0 Å². The molecule has 0 saturated heterocycles. The molecule has 1 aliphatic rings. The molecule has 2 N–H and O–H groups in total. The summed E-state index contributed by atoms with van der Waals surface area (Å²) in [6.45, 7) is -0.105. The van der Waals surface area contributed by atoms with Crippen molar-refractivity contribution in [2.45, 2.75) is 6.42 Å². The lowest BCUT2D eigenvalue weighted by molar-refractivity contribution is -0.383. The van der Waals surface area contributed by atoms with E-state index in [0.29, 0.717) is 11.1 Å². The fraction of sp³-hybridized carbons (Fsp3) is 0.111. The van der Waals surface area contributed by atoms with Gasteiger partial charge in [0.2, 0.25) is 5.91 Å². The molecule has 28 heavy (non-hydrogen) atoms. The molecule has 2 aromatic rings. The van der Waals surface area contributed by atoms with Crippen molar-refractivity contribution >= 4 is 46.4 Å². The van der Waals surface area contributed by atoms with E-state index in [1.165, 1.54) is 18.2 Å². The van der Waals surface area contributed by atoms with Gasteiger partial charge in [-0.15, -0.1) is 0 Å². The summed E-state index contributed by atoms with van der Waals surface area (Å²) in [5.74, 6) is -1.43. The normalized spacial score (nSPS) is 12.5. The van der Waals surface area contributed by atoms with Gasteiger partial charge in [-0.2, -0.15) is 0 Å².